The Morgan fingerprint density at radius 2 is 2.20 bits per heavy atom. The molecule has 0 bridgehead atoms. The van der Waals surface area contributed by atoms with Crippen LogP contribution in [-0.4, -0.2) is 5.91 Å². The molecule has 0 radical (unpaired) electrons. The summed E-state index contributed by atoms with van der Waals surface area (Å²) in [6, 6.07) is 0. The van der Waals surface area contributed by atoms with Gasteiger partial charge in [0.05, 0.1) is 0 Å². The predicted octanol–water partition coefficient (Wildman–Crippen LogP) is 1.30. The van der Waals surface area contributed by atoms with E-state index in [4.69, 9.17) is 5.73 Å². The van der Waals surface area contributed by atoms with Gasteiger partial charge in [-0.25, -0.2) is 0 Å². The van der Waals surface area contributed by atoms with Gasteiger partial charge in [-0.1, -0.05) is 19.8 Å². The van der Waals surface area contributed by atoms with Gasteiger partial charge in [0.1, 0.15) is 0 Å². The van der Waals surface area contributed by atoms with Crippen LogP contribution in [0, 0.1) is 11.8 Å². The standard InChI is InChI=1S/C8H15NO/c1-6-3-2-4-7(5-6)8(9)10/h6-7H,2-5H2,1H3,(H2,9,10)/t6-,7+/m0/s1. The number of primary amides is 1. The summed E-state index contributed by atoms with van der Waals surface area (Å²) in [5, 5.41) is 0. The van der Waals surface area contributed by atoms with Gasteiger partial charge in [0, 0.05) is 5.92 Å². The van der Waals surface area contributed by atoms with Crippen LogP contribution in [0.4, 0.5) is 0 Å². The van der Waals surface area contributed by atoms with E-state index >= 15 is 0 Å². The van der Waals surface area contributed by atoms with Crippen LogP contribution in [0.1, 0.15) is 32.6 Å². The van der Waals surface area contributed by atoms with Crippen molar-refractivity contribution in [3.63, 3.8) is 0 Å². The van der Waals surface area contributed by atoms with E-state index in [-0.39, 0.29) is 11.8 Å². The first kappa shape index (κ1) is 7.58. The van der Waals surface area contributed by atoms with Crippen molar-refractivity contribution in [3.8, 4) is 0 Å². The molecule has 0 spiro atoms. The smallest absolute Gasteiger partial charge is 0.220 e. The third kappa shape index (κ3) is 1.72. The first-order valence-electron chi connectivity index (χ1n) is 3.99. The SMILES string of the molecule is C[C@H]1CCC[C@@H](C(N)=O)C1. The molecular weight excluding hydrogens is 126 g/mol. The molecule has 10 heavy (non-hydrogen) atoms. The maximum Gasteiger partial charge on any atom is 0.220 e. The molecule has 2 heteroatoms. The lowest BCUT2D eigenvalue weighted by atomic mass is 9.82. The highest BCUT2D eigenvalue weighted by molar-refractivity contribution is 5.76. The lowest BCUT2D eigenvalue weighted by molar-refractivity contribution is -0.123. The normalized spacial score (nSPS) is 33.7. The molecule has 0 unspecified atom stereocenters. The van der Waals surface area contributed by atoms with E-state index in [1.54, 1.807) is 0 Å². The lowest BCUT2D eigenvalue weighted by Crippen LogP contribution is -2.27. The van der Waals surface area contributed by atoms with Crippen molar-refractivity contribution in [2.45, 2.75) is 32.6 Å². The van der Waals surface area contributed by atoms with Crippen LogP contribution in [0.5, 0.6) is 0 Å². The molecule has 0 heterocycles. The Morgan fingerprint density at radius 1 is 1.50 bits per heavy atom. The third-order valence-corrected chi connectivity index (χ3v) is 2.34. The van der Waals surface area contributed by atoms with E-state index in [2.05, 4.69) is 6.92 Å². The number of rotatable bonds is 1. The zero-order chi connectivity index (χ0) is 7.56. The number of carbonyl (C=O) groups excluding carboxylic acids is 1. The average Bonchev–Trinajstić information content (AvgIpc) is 1.88. The van der Waals surface area contributed by atoms with Crippen molar-refractivity contribution in [1.29, 1.82) is 0 Å². The molecule has 1 saturated carbocycles. The Kier molecular flexibility index (Phi) is 2.30. The molecule has 2 nitrogen and oxygen atoms in total. The number of nitrogens with two attached hydrogens (primary N) is 1. The first-order chi connectivity index (χ1) is 4.70. The fourth-order valence-corrected chi connectivity index (χ4v) is 1.69. The van der Waals surface area contributed by atoms with Gasteiger partial charge in [-0.2, -0.15) is 0 Å². The third-order valence-electron chi connectivity index (χ3n) is 2.34. The predicted molar refractivity (Wildman–Crippen MR) is 40.3 cm³/mol. The maximum atomic E-state index is 10.7. The van der Waals surface area contributed by atoms with Crippen LogP contribution < -0.4 is 5.73 Å². The summed E-state index contributed by atoms with van der Waals surface area (Å²) >= 11 is 0. The van der Waals surface area contributed by atoms with E-state index in [1.807, 2.05) is 0 Å². The number of hydrogen-bond donors (Lipinski definition) is 1. The molecule has 2 atom stereocenters. The van der Waals surface area contributed by atoms with Gasteiger partial charge in [0.2, 0.25) is 5.91 Å². The van der Waals surface area contributed by atoms with Crippen molar-refractivity contribution in [2.24, 2.45) is 17.6 Å². The summed E-state index contributed by atoms with van der Waals surface area (Å²) in [6.45, 7) is 2.19. The van der Waals surface area contributed by atoms with E-state index < -0.39 is 0 Å². The highest BCUT2D eigenvalue weighted by Crippen LogP contribution is 2.27. The Hall–Kier alpha value is -0.530. The van der Waals surface area contributed by atoms with Crippen LogP contribution in [0.15, 0.2) is 0 Å². The summed E-state index contributed by atoms with van der Waals surface area (Å²) in [7, 11) is 0. The van der Waals surface area contributed by atoms with Crippen molar-refractivity contribution in [3.05, 3.63) is 0 Å². The molecule has 0 aliphatic heterocycles. The van der Waals surface area contributed by atoms with Gasteiger partial charge in [0.25, 0.3) is 0 Å². The Labute approximate surface area is 61.8 Å². The van der Waals surface area contributed by atoms with Gasteiger partial charge >= 0.3 is 0 Å². The van der Waals surface area contributed by atoms with Crippen LogP contribution in [0.3, 0.4) is 0 Å². The molecule has 1 aliphatic carbocycles. The van der Waals surface area contributed by atoms with Crippen molar-refractivity contribution >= 4 is 5.91 Å². The second kappa shape index (κ2) is 3.04. The van der Waals surface area contributed by atoms with Gasteiger partial charge in [-0.05, 0) is 18.8 Å². The highest BCUT2D eigenvalue weighted by atomic mass is 16.1. The largest absolute Gasteiger partial charge is 0.369 e. The second-order valence-electron chi connectivity index (χ2n) is 3.37. The van der Waals surface area contributed by atoms with Crippen molar-refractivity contribution < 1.29 is 4.79 Å². The van der Waals surface area contributed by atoms with Gasteiger partial charge in [-0.15, -0.1) is 0 Å². The summed E-state index contributed by atoms with van der Waals surface area (Å²) in [5.41, 5.74) is 5.19. The van der Waals surface area contributed by atoms with E-state index in [0.29, 0.717) is 5.92 Å². The van der Waals surface area contributed by atoms with Crippen LogP contribution in [-0.2, 0) is 4.79 Å². The van der Waals surface area contributed by atoms with Gasteiger partial charge < -0.3 is 5.73 Å². The highest BCUT2D eigenvalue weighted by Gasteiger charge is 2.22. The Balaban J connectivity index is 2.39. The summed E-state index contributed by atoms with van der Waals surface area (Å²) < 4.78 is 0. The zero-order valence-electron chi connectivity index (χ0n) is 6.47. The average molecular weight is 141 g/mol. The molecule has 1 amide bonds. The first-order valence-corrected chi connectivity index (χ1v) is 3.99. The van der Waals surface area contributed by atoms with Crippen LogP contribution >= 0.6 is 0 Å². The fraction of sp³-hybridized carbons (Fsp3) is 0.875. The minimum atomic E-state index is -0.105. The summed E-state index contributed by atoms with van der Waals surface area (Å²) in [5.74, 6) is 0.765. The summed E-state index contributed by atoms with van der Waals surface area (Å²) in [6.07, 6.45) is 4.47. The number of hydrogen-bond acceptors (Lipinski definition) is 1. The summed E-state index contributed by atoms with van der Waals surface area (Å²) in [4.78, 5) is 10.7. The molecular formula is C8H15NO. The second-order valence-corrected chi connectivity index (χ2v) is 3.37. The van der Waals surface area contributed by atoms with Crippen LogP contribution in [0.25, 0.3) is 0 Å². The molecule has 1 aliphatic rings. The molecule has 0 aromatic carbocycles. The van der Waals surface area contributed by atoms with Crippen molar-refractivity contribution in [2.75, 3.05) is 0 Å². The minimum Gasteiger partial charge on any atom is -0.369 e. The van der Waals surface area contributed by atoms with Crippen molar-refractivity contribution in [1.82, 2.24) is 0 Å². The van der Waals surface area contributed by atoms with Crippen LogP contribution in [0.2, 0.25) is 0 Å². The minimum absolute atomic E-state index is 0.105. The van der Waals surface area contributed by atoms with Gasteiger partial charge in [0.15, 0.2) is 0 Å². The molecule has 1 fully saturated rings. The Morgan fingerprint density at radius 3 is 2.60 bits per heavy atom. The molecule has 2 N–H and O–H groups in total. The van der Waals surface area contributed by atoms with E-state index in [9.17, 15) is 4.79 Å². The lowest BCUT2D eigenvalue weighted by Gasteiger charge is -2.23. The molecule has 0 aromatic rings. The van der Waals surface area contributed by atoms with E-state index in [1.165, 1.54) is 12.8 Å². The van der Waals surface area contributed by atoms with E-state index in [0.717, 1.165) is 12.8 Å². The number of amides is 1. The quantitative estimate of drug-likeness (QED) is 0.587. The molecule has 1 rings (SSSR count). The zero-order valence-corrected chi connectivity index (χ0v) is 6.47. The van der Waals surface area contributed by atoms with Gasteiger partial charge in [-0.3, -0.25) is 4.79 Å². The fourth-order valence-electron chi connectivity index (χ4n) is 1.69. The maximum absolute atomic E-state index is 10.7. The monoisotopic (exact) mass is 141 g/mol. The molecule has 0 aromatic heterocycles. The number of carbonyl (C=O) groups is 1. The Bertz CT molecular complexity index is 133. The molecule has 58 valence electrons. The topological polar surface area (TPSA) is 43.1 Å². The molecule has 0 saturated heterocycles.